The fourth-order valence-corrected chi connectivity index (χ4v) is 4.26. The predicted molar refractivity (Wildman–Crippen MR) is 123 cm³/mol. The average Bonchev–Trinajstić information content (AvgIpc) is 3.24. The lowest BCUT2D eigenvalue weighted by molar-refractivity contribution is 0.0937. The summed E-state index contributed by atoms with van der Waals surface area (Å²) < 4.78 is 0. The van der Waals surface area contributed by atoms with E-state index in [0.717, 1.165) is 30.6 Å². The molecule has 1 fully saturated rings. The number of hydrogen-bond acceptors (Lipinski definition) is 3. The molecule has 0 radical (unpaired) electrons. The maximum atomic E-state index is 12.6. The van der Waals surface area contributed by atoms with E-state index >= 15 is 0 Å². The highest BCUT2D eigenvalue weighted by Crippen LogP contribution is 2.33. The van der Waals surface area contributed by atoms with Gasteiger partial charge in [-0.05, 0) is 66.1 Å². The van der Waals surface area contributed by atoms with Crippen molar-refractivity contribution in [2.75, 3.05) is 13.1 Å². The van der Waals surface area contributed by atoms with Gasteiger partial charge in [0.1, 0.15) is 0 Å². The Balaban J connectivity index is 1.51. The maximum absolute atomic E-state index is 12.6. The molecule has 0 aromatic heterocycles. The number of carbonyl (C=O) groups is 1. The highest BCUT2D eigenvalue weighted by molar-refractivity contribution is 6.30. The second-order valence-corrected chi connectivity index (χ2v) is 8.52. The minimum atomic E-state index is -0.120. The normalized spacial score (nSPS) is 16.3. The van der Waals surface area contributed by atoms with Crippen molar-refractivity contribution < 1.29 is 4.79 Å². The number of benzene rings is 3. The first kappa shape index (κ1) is 21.4. The number of amides is 1. The highest BCUT2D eigenvalue weighted by Gasteiger charge is 2.31. The molecule has 1 N–H and O–H groups in total. The number of likely N-dealkylation sites (tertiary alicyclic amines) is 1. The lowest BCUT2D eigenvalue weighted by Gasteiger charge is -2.29. The first-order valence-corrected chi connectivity index (χ1v) is 10.8. The van der Waals surface area contributed by atoms with E-state index in [2.05, 4.69) is 16.3 Å². The van der Waals surface area contributed by atoms with Crippen LogP contribution in [0.15, 0.2) is 72.8 Å². The van der Waals surface area contributed by atoms with Crippen molar-refractivity contribution in [2.45, 2.75) is 18.5 Å². The smallest absolute Gasteiger partial charge is 0.251 e. The fourth-order valence-electron chi connectivity index (χ4n) is 4.01. The van der Waals surface area contributed by atoms with E-state index in [-0.39, 0.29) is 18.0 Å². The zero-order valence-corrected chi connectivity index (χ0v) is 18.3. The van der Waals surface area contributed by atoms with Crippen LogP contribution in [0.5, 0.6) is 0 Å². The van der Waals surface area contributed by atoms with E-state index in [1.807, 2.05) is 48.5 Å². The van der Waals surface area contributed by atoms with Crippen LogP contribution < -0.4 is 5.32 Å². The van der Waals surface area contributed by atoms with Gasteiger partial charge in [-0.2, -0.15) is 5.26 Å². The molecule has 3 aromatic rings. The van der Waals surface area contributed by atoms with Gasteiger partial charge in [0.05, 0.1) is 17.7 Å². The minimum Gasteiger partial charge on any atom is -0.348 e. The number of carbonyl (C=O) groups excluding carboxylic acids is 1. The molecule has 0 spiro atoms. The number of nitrogens with one attached hydrogen (secondary N) is 1. The molecule has 4 rings (SSSR count). The van der Waals surface area contributed by atoms with Crippen molar-refractivity contribution in [3.05, 3.63) is 105 Å². The monoisotopic (exact) mass is 449 g/mol. The second kappa shape index (κ2) is 9.53. The molecule has 6 heteroatoms. The Morgan fingerprint density at radius 2 is 1.48 bits per heavy atom. The van der Waals surface area contributed by atoms with E-state index in [9.17, 15) is 4.79 Å². The van der Waals surface area contributed by atoms with Crippen LogP contribution in [0.4, 0.5) is 0 Å². The van der Waals surface area contributed by atoms with Crippen LogP contribution >= 0.6 is 23.2 Å². The summed E-state index contributed by atoms with van der Waals surface area (Å²) >= 11 is 12.2. The molecule has 1 unspecified atom stereocenters. The van der Waals surface area contributed by atoms with Gasteiger partial charge in [0.2, 0.25) is 0 Å². The van der Waals surface area contributed by atoms with Crippen LogP contribution in [0.25, 0.3) is 0 Å². The Labute approximate surface area is 192 Å². The van der Waals surface area contributed by atoms with Crippen LogP contribution in [-0.2, 0) is 0 Å². The number of hydrogen-bond donors (Lipinski definition) is 1. The van der Waals surface area contributed by atoms with Gasteiger partial charge in [-0.15, -0.1) is 0 Å². The molecule has 1 heterocycles. The lowest BCUT2D eigenvalue weighted by Crippen LogP contribution is -2.38. The van der Waals surface area contributed by atoms with Gasteiger partial charge in [-0.25, -0.2) is 0 Å². The molecule has 3 aromatic carbocycles. The molecule has 0 saturated carbocycles. The van der Waals surface area contributed by atoms with Crippen LogP contribution in [0.1, 0.15) is 39.5 Å². The third-order valence-corrected chi connectivity index (χ3v) is 6.07. The molecule has 1 saturated heterocycles. The summed E-state index contributed by atoms with van der Waals surface area (Å²) in [7, 11) is 0. The molecule has 156 valence electrons. The van der Waals surface area contributed by atoms with Crippen molar-refractivity contribution in [3.63, 3.8) is 0 Å². The Hall–Kier alpha value is -2.84. The van der Waals surface area contributed by atoms with Crippen molar-refractivity contribution >= 4 is 29.1 Å². The van der Waals surface area contributed by atoms with Gasteiger partial charge in [0, 0.05) is 34.7 Å². The molecule has 0 bridgehead atoms. The van der Waals surface area contributed by atoms with Crippen LogP contribution in [-0.4, -0.2) is 29.9 Å². The van der Waals surface area contributed by atoms with E-state index in [1.54, 1.807) is 24.3 Å². The van der Waals surface area contributed by atoms with E-state index < -0.39 is 0 Å². The summed E-state index contributed by atoms with van der Waals surface area (Å²) in [5.41, 5.74) is 3.39. The summed E-state index contributed by atoms with van der Waals surface area (Å²) in [5.74, 6) is -0.120. The van der Waals surface area contributed by atoms with Crippen molar-refractivity contribution in [2.24, 2.45) is 0 Å². The Kier molecular flexibility index (Phi) is 6.58. The quantitative estimate of drug-likeness (QED) is 0.562. The number of rotatable bonds is 5. The standard InChI is InChI=1S/C25H21Cl2N3O/c26-21-9-5-18(6-10-21)24(19-7-11-22(27)12-8-19)30-14-13-23(16-30)29-25(31)20-3-1-17(15-28)2-4-20/h1-12,23-24H,13-14,16H2,(H,29,31). The largest absolute Gasteiger partial charge is 0.348 e. The Morgan fingerprint density at radius 1 is 0.935 bits per heavy atom. The Bertz CT molecular complexity index is 1040. The highest BCUT2D eigenvalue weighted by atomic mass is 35.5. The molecule has 0 aliphatic carbocycles. The topological polar surface area (TPSA) is 56.1 Å². The van der Waals surface area contributed by atoms with Crippen molar-refractivity contribution in [3.8, 4) is 6.07 Å². The zero-order chi connectivity index (χ0) is 21.8. The first-order valence-electron chi connectivity index (χ1n) is 10.1. The Morgan fingerprint density at radius 3 is 2.00 bits per heavy atom. The molecule has 1 aliphatic rings. The van der Waals surface area contributed by atoms with Crippen LogP contribution in [0, 0.1) is 11.3 Å². The lowest BCUT2D eigenvalue weighted by atomic mass is 9.97. The van der Waals surface area contributed by atoms with Crippen LogP contribution in [0.3, 0.4) is 0 Å². The summed E-state index contributed by atoms with van der Waals surface area (Å²) in [6.07, 6.45) is 0.861. The molecule has 4 nitrogen and oxygen atoms in total. The number of halogens is 2. The summed E-state index contributed by atoms with van der Waals surface area (Å²) in [6, 6.07) is 24.6. The molecule has 1 aliphatic heterocycles. The van der Waals surface area contributed by atoms with Crippen LogP contribution in [0.2, 0.25) is 10.0 Å². The third kappa shape index (κ3) is 5.08. The molecule has 1 atom stereocenters. The minimum absolute atomic E-state index is 0.0465. The zero-order valence-electron chi connectivity index (χ0n) is 16.8. The number of nitrogens with zero attached hydrogens (tertiary/aromatic N) is 2. The van der Waals surface area contributed by atoms with Crippen molar-refractivity contribution in [1.29, 1.82) is 5.26 Å². The van der Waals surface area contributed by atoms with E-state index in [0.29, 0.717) is 21.2 Å². The van der Waals surface area contributed by atoms with Gasteiger partial charge in [0.25, 0.3) is 5.91 Å². The molecule has 1 amide bonds. The molecular weight excluding hydrogens is 429 g/mol. The molecular formula is C25H21Cl2N3O. The van der Waals surface area contributed by atoms with Gasteiger partial charge in [-0.1, -0.05) is 47.5 Å². The van der Waals surface area contributed by atoms with Gasteiger partial charge in [0.15, 0.2) is 0 Å². The predicted octanol–water partition coefficient (Wildman–Crippen LogP) is 5.46. The van der Waals surface area contributed by atoms with Crippen molar-refractivity contribution in [1.82, 2.24) is 10.2 Å². The summed E-state index contributed by atoms with van der Waals surface area (Å²) in [4.78, 5) is 15.0. The molecule has 31 heavy (non-hydrogen) atoms. The van der Waals surface area contributed by atoms with Gasteiger partial charge >= 0.3 is 0 Å². The first-order chi connectivity index (χ1) is 15.0. The van der Waals surface area contributed by atoms with E-state index in [4.69, 9.17) is 28.5 Å². The maximum Gasteiger partial charge on any atom is 0.251 e. The summed E-state index contributed by atoms with van der Waals surface area (Å²) in [6.45, 7) is 1.59. The number of nitriles is 1. The fraction of sp³-hybridized carbons (Fsp3) is 0.200. The second-order valence-electron chi connectivity index (χ2n) is 7.65. The van der Waals surface area contributed by atoms with Gasteiger partial charge < -0.3 is 5.32 Å². The van der Waals surface area contributed by atoms with E-state index in [1.165, 1.54) is 0 Å². The SMILES string of the molecule is N#Cc1ccc(C(=O)NC2CCN(C(c3ccc(Cl)cc3)c3ccc(Cl)cc3)C2)cc1. The van der Waals surface area contributed by atoms with Gasteiger partial charge in [-0.3, -0.25) is 9.69 Å². The third-order valence-electron chi connectivity index (χ3n) is 5.57. The average molecular weight is 450 g/mol. The summed E-state index contributed by atoms with van der Waals surface area (Å²) in [5, 5.41) is 13.5.